The average Bonchev–Trinajstić information content (AvgIpc) is 3.18. The van der Waals surface area contributed by atoms with Gasteiger partial charge in [-0.15, -0.1) is 0 Å². The van der Waals surface area contributed by atoms with Crippen molar-refractivity contribution < 1.29 is 56.8 Å². The zero-order valence-corrected chi connectivity index (χ0v) is 37.0. The molecular formula is C45H82O12S. The molecule has 0 aliphatic carbocycles. The number of esters is 2. The first-order chi connectivity index (χ1) is 28.0. The highest BCUT2D eigenvalue weighted by Gasteiger charge is 2.46. The summed E-state index contributed by atoms with van der Waals surface area (Å²) in [6, 6.07) is 0. The van der Waals surface area contributed by atoms with Crippen LogP contribution in [-0.2, 0) is 38.7 Å². The molecule has 0 amide bonds. The van der Waals surface area contributed by atoms with Crippen LogP contribution in [0.3, 0.4) is 0 Å². The normalized spacial score (nSPS) is 20.6. The van der Waals surface area contributed by atoms with Gasteiger partial charge in [0.05, 0.1) is 6.61 Å². The van der Waals surface area contributed by atoms with Crippen LogP contribution in [0, 0.1) is 0 Å². The standard InChI is InChI=1S/C45H82O12S/c1-3-5-7-9-11-13-15-17-19-20-22-24-26-28-30-32-34-41(47)56-38(36-55-45-44(50)43(49)42(48)39(57-45)37-58(51,52)53)35-54-40(46)33-31-29-27-25-23-21-18-16-14-12-10-8-6-4-2/h10,12,16,18,38-39,42-45,48-50H,3-9,11,13-15,17,19-37H2,1-2H3,(H,51,52,53)/b12-10+,18-16+/t38-,39-,42-,43?,44?,45+/m1/s1. The van der Waals surface area contributed by atoms with Crippen LogP contribution in [0.25, 0.3) is 0 Å². The van der Waals surface area contributed by atoms with Crippen molar-refractivity contribution in [2.24, 2.45) is 0 Å². The average molecular weight is 847 g/mol. The summed E-state index contributed by atoms with van der Waals surface area (Å²) in [5, 5.41) is 30.9. The maximum absolute atomic E-state index is 12.8. The maximum atomic E-state index is 12.8. The SMILES string of the molecule is CCCC/C=C/C/C=C/CCCCCCCC(=O)OC[C@H](CO[C@H]1O[C@H](CS(=O)(=O)O)[C@@H](O)C(O)C1O)OC(=O)CCCCCCCCCCCCCCCCCC. The van der Waals surface area contributed by atoms with Gasteiger partial charge < -0.3 is 34.3 Å². The third kappa shape index (κ3) is 30.2. The Bertz CT molecular complexity index is 1180. The van der Waals surface area contributed by atoms with Crippen molar-refractivity contribution in [3.63, 3.8) is 0 Å². The molecule has 2 unspecified atom stereocenters. The minimum absolute atomic E-state index is 0.165. The summed E-state index contributed by atoms with van der Waals surface area (Å²) in [4.78, 5) is 25.4. The number of unbranched alkanes of at least 4 members (excludes halogenated alkanes) is 22. The number of aliphatic hydroxyl groups excluding tert-OH is 3. The first-order valence-electron chi connectivity index (χ1n) is 22.9. The van der Waals surface area contributed by atoms with Crippen LogP contribution in [0.1, 0.15) is 194 Å². The summed E-state index contributed by atoms with van der Waals surface area (Å²) in [6.07, 6.45) is 29.3. The molecule has 4 N–H and O–H groups in total. The van der Waals surface area contributed by atoms with Gasteiger partial charge in [0.1, 0.15) is 36.8 Å². The molecule has 13 heteroatoms. The molecule has 340 valence electrons. The molecule has 1 rings (SSSR count). The van der Waals surface area contributed by atoms with Gasteiger partial charge in [-0.25, -0.2) is 0 Å². The summed E-state index contributed by atoms with van der Waals surface area (Å²) >= 11 is 0. The molecule has 58 heavy (non-hydrogen) atoms. The van der Waals surface area contributed by atoms with Crippen molar-refractivity contribution in [1.82, 2.24) is 0 Å². The zero-order chi connectivity index (χ0) is 42.7. The van der Waals surface area contributed by atoms with Gasteiger partial charge in [-0.3, -0.25) is 14.1 Å². The van der Waals surface area contributed by atoms with Gasteiger partial charge in [-0.05, 0) is 38.5 Å². The van der Waals surface area contributed by atoms with Crippen molar-refractivity contribution >= 4 is 22.1 Å². The molecule has 0 radical (unpaired) electrons. The molecule has 0 spiro atoms. The Balaban J connectivity index is 2.44. The Kier molecular flexibility index (Phi) is 33.5. The van der Waals surface area contributed by atoms with Crippen LogP contribution in [-0.4, -0.2) is 96.0 Å². The number of carbonyl (C=O) groups excluding carboxylic acids is 2. The van der Waals surface area contributed by atoms with Gasteiger partial charge in [0.25, 0.3) is 10.1 Å². The van der Waals surface area contributed by atoms with E-state index in [1.54, 1.807) is 0 Å². The number of hydrogen-bond donors (Lipinski definition) is 4. The zero-order valence-electron chi connectivity index (χ0n) is 36.2. The van der Waals surface area contributed by atoms with Crippen molar-refractivity contribution in [3.8, 4) is 0 Å². The fourth-order valence-electron chi connectivity index (χ4n) is 6.93. The highest BCUT2D eigenvalue weighted by Crippen LogP contribution is 2.24. The number of allylic oxidation sites excluding steroid dienone is 4. The summed E-state index contributed by atoms with van der Waals surface area (Å²) in [7, 11) is -4.60. The van der Waals surface area contributed by atoms with Gasteiger partial charge in [0.2, 0.25) is 0 Å². The van der Waals surface area contributed by atoms with E-state index in [4.69, 9.17) is 18.9 Å². The predicted molar refractivity (Wildman–Crippen MR) is 229 cm³/mol. The minimum atomic E-state index is -4.60. The van der Waals surface area contributed by atoms with E-state index in [-0.39, 0.29) is 19.4 Å². The van der Waals surface area contributed by atoms with E-state index >= 15 is 0 Å². The first kappa shape index (κ1) is 54.1. The summed E-state index contributed by atoms with van der Waals surface area (Å²) in [5.41, 5.74) is 0. The molecule has 0 aromatic carbocycles. The number of aliphatic hydroxyl groups is 3. The van der Waals surface area contributed by atoms with Crippen molar-refractivity contribution in [1.29, 1.82) is 0 Å². The van der Waals surface area contributed by atoms with E-state index in [0.717, 1.165) is 64.2 Å². The van der Waals surface area contributed by atoms with Crippen molar-refractivity contribution in [2.45, 2.75) is 230 Å². The van der Waals surface area contributed by atoms with Gasteiger partial charge in [0, 0.05) is 12.8 Å². The predicted octanol–water partition coefficient (Wildman–Crippen LogP) is 9.23. The van der Waals surface area contributed by atoms with Gasteiger partial charge in [-0.2, -0.15) is 8.42 Å². The smallest absolute Gasteiger partial charge is 0.306 e. The molecule has 1 heterocycles. The molecular weight excluding hydrogens is 765 g/mol. The lowest BCUT2D eigenvalue weighted by Crippen LogP contribution is -2.60. The molecule has 1 saturated heterocycles. The second-order valence-electron chi connectivity index (χ2n) is 16.1. The summed E-state index contributed by atoms with van der Waals surface area (Å²) in [5.74, 6) is -1.99. The van der Waals surface area contributed by atoms with E-state index in [2.05, 4.69) is 38.2 Å². The molecule has 1 aliphatic rings. The van der Waals surface area contributed by atoms with Gasteiger partial charge in [-0.1, -0.05) is 167 Å². The molecule has 1 aliphatic heterocycles. The molecule has 0 aromatic rings. The topological polar surface area (TPSA) is 186 Å². The Hall–Kier alpha value is -1.87. The summed E-state index contributed by atoms with van der Waals surface area (Å²) in [6.45, 7) is 3.72. The molecule has 0 aromatic heterocycles. The number of hydrogen-bond acceptors (Lipinski definition) is 11. The highest BCUT2D eigenvalue weighted by molar-refractivity contribution is 7.85. The monoisotopic (exact) mass is 847 g/mol. The van der Waals surface area contributed by atoms with Crippen LogP contribution in [0.4, 0.5) is 0 Å². The van der Waals surface area contributed by atoms with Gasteiger partial charge >= 0.3 is 11.9 Å². The Morgan fingerprint density at radius 3 is 1.57 bits per heavy atom. The fourth-order valence-corrected chi connectivity index (χ4v) is 7.62. The molecule has 0 saturated carbocycles. The van der Waals surface area contributed by atoms with Crippen LogP contribution >= 0.6 is 0 Å². The van der Waals surface area contributed by atoms with E-state index in [1.165, 1.54) is 89.9 Å². The van der Waals surface area contributed by atoms with E-state index in [0.29, 0.717) is 12.8 Å². The molecule has 1 fully saturated rings. The fraction of sp³-hybridized carbons (Fsp3) is 0.867. The minimum Gasteiger partial charge on any atom is -0.462 e. The number of carbonyl (C=O) groups is 2. The van der Waals surface area contributed by atoms with Crippen molar-refractivity contribution in [3.05, 3.63) is 24.3 Å². The van der Waals surface area contributed by atoms with E-state index in [9.17, 15) is 37.9 Å². The molecule has 0 bridgehead atoms. The quantitative estimate of drug-likeness (QED) is 0.0200. The second-order valence-corrected chi connectivity index (χ2v) is 17.6. The Morgan fingerprint density at radius 1 is 0.586 bits per heavy atom. The van der Waals surface area contributed by atoms with Crippen LogP contribution in [0.15, 0.2) is 24.3 Å². The highest BCUT2D eigenvalue weighted by atomic mass is 32.2. The third-order valence-corrected chi connectivity index (χ3v) is 11.3. The number of ether oxygens (including phenoxy) is 4. The van der Waals surface area contributed by atoms with Crippen LogP contribution in [0.5, 0.6) is 0 Å². The van der Waals surface area contributed by atoms with E-state index < -0.39 is 71.2 Å². The summed E-state index contributed by atoms with van der Waals surface area (Å²) < 4.78 is 54.0. The Labute approximate surface area is 351 Å². The molecule has 12 nitrogen and oxygen atoms in total. The maximum Gasteiger partial charge on any atom is 0.306 e. The molecule has 6 atom stereocenters. The second kappa shape index (κ2) is 35.8. The van der Waals surface area contributed by atoms with Crippen LogP contribution < -0.4 is 0 Å². The van der Waals surface area contributed by atoms with E-state index in [1.807, 2.05) is 0 Å². The largest absolute Gasteiger partial charge is 0.462 e. The van der Waals surface area contributed by atoms with Crippen LogP contribution in [0.2, 0.25) is 0 Å². The first-order valence-corrected chi connectivity index (χ1v) is 24.5. The third-order valence-electron chi connectivity index (χ3n) is 10.5. The lowest BCUT2D eigenvalue weighted by molar-refractivity contribution is -0.297. The lowest BCUT2D eigenvalue weighted by atomic mass is 10.00. The number of rotatable bonds is 38. The lowest BCUT2D eigenvalue weighted by Gasteiger charge is -2.40. The van der Waals surface area contributed by atoms with Crippen molar-refractivity contribution in [2.75, 3.05) is 19.0 Å². The van der Waals surface area contributed by atoms with Gasteiger partial charge in [0.15, 0.2) is 12.4 Å². The Morgan fingerprint density at radius 2 is 1.05 bits per heavy atom.